The summed E-state index contributed by atoms with van der Waals surface area (Å²) in [5.41, 5.74) is 1.92. The largest absolute Gasteiger partial charge is 0.507 e. The molecule has 2 aromatic rings. The first-order chi connectivity index (χ1) is 6.33. The number of hydrogen-bond donors (Lipinski definition) is 2. The van der Waals surface area contributed by atoms with Crippen molar-refractivity contribution in [3.05, 3.63) is 30.0 Å². The van der Waals surface area contributed by atoms with Crippen LogP contribution in [0.3, 0.4) is 0 Å². The zero-order valence-electron chi connectivity index (χ0n) is 7.37. The number of aromatic hydroxyl groups is 1. The summed E-state index contributed by atoms with van der Waals surface area (Å²) in [6.07, 6.45) is 1.86. The summed E-state index contributed by atoms with van der Waals surface area (Å²) >= 11 is 0. The molecule has 0 saturated carbocycles. The number of aromatic nitrogens is 1. The topological polar surface area (TPSA) is 45.2 Å². The number of ether oxygens (including phenoxy) is 1. The Morgan fingerprint density at radius 2 is 2.31 bits per heavy atom. The fourth-order valence-electron chi connectivity index (χ4n) is 1.50. The van der Waals surface area contributed by atoms with E-state index in [9.17, 15) is 5.11 Å². The van der Waals surface area contributed by atoms with Gasteiger partial charge in [-0.1, -0.05) is 6.07 Å². The Morgan fingerprint density at radius 1 is 1.46 bits per heavy atom. The lowest BCUT2D eigenvalue weighted by Crippen LogP contribution is -1.84. The quantitative estimate of drug-likeness (QED) is 0.737. The summed E-state index contributed by atoms with van der Waals surface area (Å²) in [7, 11) is 1.64. The Kier molecular flexibility index (Phi) is 1.94. The van der Waals surface area contributed by atoms with E-state index >= 15 is 0 Å². The maximum atomic E-state index is 9.59. The molecule has 3 nitrogen and oxygen atoms in total. The highest BCUT2D eigenvalue weighted by atomic mass is 16.5. The van der Waals surface area contributed by atoms with Crippen molar-refractivity contribution in [3.8, 4) is 5.75 Å². The van der Waals surface area contributed by atoms with Crippen LogP contribution in [-0.2, 0) is 11.3 Å². The lowest BCUT2D eigenvalue weighted by Gasteiger charge is -1.98. The molecule has 0 unspecified atom stereocenters. The Morgan fingerprint density at radius 3 is 3.08 bits per heavy atom. The summed E-state index contributed by atoms with van der Waals surface area (Å²) in [5, 5.41) is 10.4. The molecule has 0 aliphatic carbocycles. The molecule has 0 amide bonds. The average Bonchev–Trinajstić information content (AvgIpc) is 2.51. The third-order valence-electron chi connectivity index (χ3n) is 2.07. The predicted octanol–water partition coefficient (Wildman–Crippen LogP) is 2.02. The molecule has 2 N–H and O–H groups in total. The van der Waals surface area contributed by atoms with Crippen LogP contribution in [-0.4, -0.2) is 17.2 Å². The number of hydrogen-bond acceptors (Lipinski definition) is 2. The molecule has 0 saturated heterocycles. The molecule has 0 radical (unpaired) electrons. The molecule has 13 heavy (non-hydrogen) atoms. The first kappa shape index (κ1) is 8.13. The van der Waals surface area contributed by atoms with Crippen molar-refractivity contribution >= 4 is 10.9 Å². The molecule has 0 spiro atoms. The number of rotatable bonds is 2. The molecule has 3 heteroatoms. The molecule has 0 aliphatic rings. The van der Waals surface area contributed by atoms with Crippen molar-refractivity contribution in [2.75, 3.05) is 7.11 Å². The number of phenolic OH excluding ortho intramolecular Hbond substituents is 1. The summed E-state index contributed by atoms with van der Waals surface area (Å²) in [5.74, 6) is 0.297. The monoisotopic (exact) mass is 177 g/mol. The van der Waals surface area contributed by atoms with Gasteiger partial charge in [0, 0.05) is 29.8 Å². The number of aromatic amines is 1. The Hall–Kier alpha value is -1.48. The van der Waals surface area contributed by atoms with Gasteiger partial charge in [0.25, 0.3) is 0 Å². The molecule has 2 rings (SSSR count). The Bertz CT molecular complexity index is 420. The van der Waals surface area contributed by atoms with Gasteiger partial charge in [0.15, 0.2) is 0 Å². The van der Waals surface area contributed by atoms with Crippen molar-refractivity contribution in [2.45, 2.75) is 6.61 Å². The number of phenols is 1. The predicted molar refractivity (Wildman–Crippen MR) is 50.7 cm³/mol. The van der Waals surface area contributed by atoms with E-state index in [0.717, 1.165) is 16.5 Å². The number of H-pyrrole nitrogens is 1. The van der Waals surface area contributed by atoms with E-state index < -0.39 is 0 Å². The zero-order chi connectivity index (χ0) is 9.26. The fraction of sp³-hybridized carbons (Fsp3) is 0.200. The highest BCUT2D eigenvalue weighted by molar-refractivity contribution is 5.88. The van der Waals surface area contributed by atoms with Gasteiger partial charge in [-0.3, -0.25) is 0 Å². The first-order valence-corrected chi connectivity index (χ1v) is 4.10. The molecule has 1 heterocycles. The van der Waals surface area contributed by atoms with Crippen LogP contribution in [0.5, 0.6) is 5.75 Å². The second kappa shape index (κ2) is 3.11. The van der Waals surface area contributed by atoms with E-state index in [1.807, 2.05) is 18.3 Å². The number of methoxy groups -OCH3 is 1. The van der Waals surface area contributed by atoms with E-state index in [1.165, 1.54) is 0 Å². The highest BCUT2D eigenvalue weighted by Gasteiger charge is 2.06. The maximum Gasteiger partial charge on any atom is 0.125 e. The summed E-state index contributed by atoms with van der Waals surface area (Å²) in [6.45, 7) is 0.511. The van der Waals surface area contributed by atoms with Crippen molar-refractivity contribution < 1.29 is 9.84 Å². The average molecular weight is 177 g/mol. The van der Waals surface area contributed by atoms with Gasteiger partial charge < -0.3 is 14.8 Å². The smallest absolute Gasteiger partial charge is 0.125 e. The number of fused-ring (bicyclic) bond motifs is 1. The van der Waals surface area contributed by atoms with Crippen LogP contribution in [0.25, 0.3) is 10.9 Å². The fourth-order valence-corrected chi connectivity index (χ4v) is 1.50. The Balaban J connectivity index is 2.64. The molecular formula is C10H11NO2. The minimum atomic E-state index is 0.297. The van der Waals surface area contributed by atoms with Crippen molar-refractivity contribution in [1.82, 2.24) is 4.98 Å². The summed E-state index contributed by atoms with van der Waals surface area (Å²) in [6, 6.07) is 5.41. The lowest BCUT2D eigenvalue weighted by atomic mass is 10.1. The zero-order valence-corrected chi connectivity index (χ0v) is 7.37. The minimum absolute atomic E-state index is 0.297. The van der Waals surface area contributed by atoms with Crippen LogP contribution in [0.1, 0.15) is 5.56 Å². The van der Waals surface area contributed by atoms with Crippen molar-refractivity contribution in [2.24, 2.45) is 0 Å². The van der Waals surface area contributed by atoms with Crippen LogP contribution >= 0.6 is 0 Å². The maximum absolute atomic E-state index is 9.59. The summed E-state index contributed by atoms with van der Waals surface area (Å²) < 4.78 is 5.02. The SMILES string of the molecule is COCc1c[nH]c2cccc(O)c12. The van der Waals surface area contributed by atoms with E-state index in [2.05, 4.69) is 4.98 Å². The molecule has 1 aromatic carbocycles. The van der Waals surface area contributed by atoms with Crippen LogP contribution in [0.4, 0.5) is 0 Å². The van der Waals surface area contributed by atoms with Crippen LogP contribution in [0.15, 0.2) is 24.4 Å². The van der Waals surface area contributed by atoms with Crippen LogP contribution < -0.4 is 0 Å². The van der Waals surface area contributed by atoms with Gasteiger partial charge >= 0.3 is 0 Å². The molecule has 68 valence electrons. The number of nitrogens with one attached hydrogen (secondary N) is 1. The van der Waals surface area contributed by atoms with Gasteiger partial charge in [-0.15, -0.1) is 0 Å². The van der Waals surface area contributed by atoms with Crippen molar-refractivity contribution in [1.29, 1.82) is 0 Å². The molecule has 0 aliphatic heterocycles. The van der Waals surface area contributed by atoms with Gasteiger partial charge in [-0.05, 0) is 12.1 Å². The van der Waals surface area contributed by atoms with E-state index in [-0.39, 0.29) is 0 Å². The second-order valence-corrected chi connectivity index (χ2v) is 2.95. The van der Waals surface area contributed by atoms with Crippen LogP contribution in [0, 0.1) is 0 Å². The second-order valence-electron chi connectivity index (χ2n) is 2.95. The Labute approximate surface area is 76.0 Å². The van der Waals surface area contributed by atoms with Gasteiger partial charge in [0.2, 0.25) is 0 Å². The van der Waals surface area contributed by atoms with E-state index in [4.69, 9.17) is 4.74 Å². The third kappa shape index (κ3) is 1.27. The molecule has 0 fully saturated rings. The van der Waals surface area contributed by atoms with E-state index in [1.54, 1.807) is 13.2 Å². The standard InChI is InChI=1S/C10H11NO2/c1-13-6-7-5-11-8-3-2-4-9(12)10(7)8/h2-5,11-12H,6H2,1H3. The van der Waals surface area contributed by atoms with Gasteiger partial charge in [-0.2, -0.15) is 0 Å². The molecular weight excluding hydrogens is 166 g/mol. The van der Waals surface area contributed by atoms with Gasteiger partial charge in [0.1, 0.15) is 5.75 Å². The first-order valence-electron chi connectivity index (χ1n) is 4.10. The van der Waals surface area contributed by atoms with E-state index in [0.29, 0.717) is 12.4 Å². The lowest BCUT2D eigenvalue weighted by molar-refractivity contribution is 0.186. The van der Waals surface area contributed by atoms with Gasteiger partial charge in [-0.25, -0.2) is 0 Å². The normalized spacial score (nSPS) is 10.8. The molecule has 1 aromatic heterocycles. The molecule has 0 atom stereocenters. The minimum Gasteiger partial charge on any atom is -0.507 e. The number of benzene rings is 1. The summed E-state index contributed by atoms with van der Waals surface area (Å²) in [4.78, 5) is 3.07. The van der Waals surface area contributed by atoms with Crippen molar-refractivity contribution in [3.63, 3.8) is 0 Å². The van der Waals surface area contributed by atoms with Gasteiger partial charge in [0.05, 0.1) is 6.61 Å². The van der Waals surface area contributed by atoms with Crippen LogP contribution in [0.2, 0.25) is 0 Å². The molecule has 0 bridgehead atoms. The highest BCUT2D eigenvalue weighted by Crippen LogP contribution is 2.27. The third-order valence-corrected chi connectivity index (χ3v) is 2.07.